The normalized spacial score (nSPS) is 10.6. The van der Waals surface area contributed by atoms with Crippen molar-refractivity contribution in [2.24, 2.45) is 0 Å². The molecule has 0 bridgehead atoms. The van der Waals surface area contributed by atoms with E-state index in [0.29, 0.717) is 11.1 Å². The first-order valence-corrected chi connectivity index (χ1v) is 6.42. The van der Waals surface area contributed by atoms with Crippen LogP contribution in [-0.2, 0) is 0 Å². The number of hydrogen-bond acceptors (Lipinski definition) is 4. The molecule has 5 heteroatoms. The summed E-state index contributed by atoms with van der Waals surface area (Å²) >= 11 is 6.03. The number of hydrogen-bond donors (Lipinski definition) is 1. The third kappa shape index (κ3) is 3.58. The van der Waals surface area contributed by atoms with Crippen molar-refractivity contribution in [3.8, 4) is 17.0 Å². The van der Waals surface area contributed by atoms with Crippen LogP contribution in [0, 0.1) is 0 Å². The molecule has 1 heterocycles. The predicted octanol–water partition coefficient (Wildman–Crippen LogP) is 3.63. The van der Waals surface area contributed by atoms with Crippen LogP contribution in [0.3, 0.4) is 0 Å². The Morgan fingerprint density at radius 1 is 1.16 bits per heavy atom. The quantitative estimate of drug-likeness (QED) is 0.867. The third-order valence-electron chi connectivity index (χ3n) is 2.50. The van der Waals surface area contributed by atoms with Gasteiger partial charge in [0.2, 0.25) is 5.95 Å². The van der Waals surface area contributed by atoms with E-state index in [4.69, 9.17) is 16.3 Å². The number of ether oxygens (including phenoxy) is 1. The van der Waals surface area contributed by atoms with Gasteiger partial charge in [0.05, 0.1) is 12.8 Å². The summed E-state index contributed by atoms with van der Waals surface area (Å²) in [5, 5.41) is 3.57. The highest BCUT2D eigenvalue weighted by Crippen LogP contribution is 2.23. The van der Waals surface area contributed by atoms with Gasteiger partial charge in [-0.2, -0.15) is 0 Å². The van der Waals surface area contributed by atoms with Crippen LogP contribution in [0.15, 0.2) is 30.3 Å². The lowest BCUT2D eigenvalue weighted by Gasteiger charge is -2.10. The summed E-state index contributed by atoms with van der Waals surface area (Å²) in [7, 11) is 1.64. The molecule has 0 saturated heterocycles. The Kier molecular flexibility index (Phi) is 4.22. The molecule has 0 fully saturated rings. The molecule has 19 heavy (non-hydrogen) atoms. The number of methoxy groups -OCH3 is 1. The first kappa shape index (κ1) is 13.6. The van der Waals surface area contributed by atoms with Crippen LogP contribution in [0.1, 0.15) is 13.8 Å². The fourth-order valence-electron chi connectivity index (χ4n) is 1.65. The molecule has 0 unspecified atom stereocenters. The molecular weight excluding hydrogens is 262 g/mol. The van der Waals surface area contributed by atoms with Gasteiger partial charge in [0, 0.05) is 17.7 Å². The number of anilines is 1. The van der Waals surface area contributed by atoms with Crippen LogP contribution in [-0.4, -0.2) is 23.1 Å². The molecule has 0 aliphatic rings. The van der Waals surface area contributed by atoms with Crippen LogP contribution in [0.5, 0.6) is 5.75 Å². The Morgan fingerprint density at radius 3 is 2.42 bits per heavy atom. The van der Waals surface area contributed by atoms with E-state index in [1.165, 1.54) is 0 Å². The molecule has 1 N–H and O–H groups in total. The van der Waals surface area contributed by atoms with E-state index in [-0.39, 0.29) is 6.04 Å². The van der Waals surface area contributed by atoms with Crippen molar-refractivity contribution >= 4 is 17.5 Å². The van der Waals surface area contributed by atoms with Gasteiger partial charge in [0.25, 0.3) is 0 Å². The van der Waals surface area contributed by atoms with Gasteiger partial charge in [-0.15, -0.1) is 0 Å². The highest BCUT2D eigenvalue weighted by Gasteiger charge is 2.06. The van der Waals surface area contributed by atoms with Gasteiger partial charge >= 0.3 is 0 Å². The van der Waals surface area contributed by atoms with Crippen LogP contribution in [0.25, 0.3) is 11.3 Å². The average molecular weight is 278 g/mol. The molecule has 1 aromatic heterocycles. The largest absolute Gasteiger partial charge is 0.497 e. The van der Waals surface area contributed by atoms with E-state index >= 15 is 0 Å². The molecule has 0 saturated carbocycles. The van der Waals surface area contributed by atoms with Gasteiger partial charge in [-0.1, -0.05) is 11.6 Å². The zero-order valence-electron chi connectivity index (χ0n) is 11.1. The lowest BCUT2D eigenvalue weighted by Crippen LogP contribution is -2.12. The lowest BCUT2D eigenvalue weighted by atomic mass is 10.1. The van der Waals surface area contributed by atoms with Gasteiger partial charge in [-0.3, -0.25) is 0 Å². The van der Waals surface area contributed by atoms with Crippen molar-refractivity contribution in [1.29, 1.82) is 0 Å². The monoisotopic (exact) mass is 277 g/mol. The van der Waals surface area contributed by atoms with Gasteiger partial charge in [-0.25, -0.2) is 9.97 Å². The van der Waals surface area contributed by atoms with Crippen molar-refractivity contribution in [3.63, 3.8) is 0 Å². The smallest absolute Gasteiger partial charge is 0.224 e. The number of benzene rings is 1. The molecule has 2 rings (SSSR count). The van der Waals surface area contributed by atoms with Crippen molar-refractivity contribution in [2.45, 2.75) is 19.9 Å². The lowest BCUT2D eigenvalue weighted by molar-refractivity contribution is 0.415. The number of halogens is 1. The third-order valence-corrected chi connectivity index (χ3v) is 2.69. The Bertz CT molecular complexity index is 555. The second-order valence-corrected chi connectivity index (χ2v) is 4.81. The molecule has 0 aliphatic carbocycles. The predicted molar refractivity (Wildman–Crippen MR) is 77.8 cm³/mol. The van der Waals surface area contributed by atoms with Crippen molar-refractivity contribution in [1.82, 2.24) is 9.97 Å². The molecule has 2 aromatic rings. The highest BCUT2D eigenvalue weighted by molar-refractivity contribution is 6.29. The molecule has 0 amide bonds. The van der Waals surface area contributed by atoms with Gasteiger partial charge in [-0.05, 0) is 38.1 Å². The second kappa shape index (κ2) is 5.89. The maximum atomic E-state index is 6.03. The number of aromatic nitrogens is 2. The van der Waals surface area contributed by atoms with E-state index in [2.05, 4.69) is 15.3 Å². The minimum atomic E-state index is 0.252. The number of nitrogens with zero attached hydrogens (tertiary/aromatic N) is 2. The van der Waals surface area contributed by atoms with Gasteiger partial charge in [0.15, 0.2) is 0 Å². The van der Waals surface area contributed by atoms with Crippen molar-refractivity contribution in [3.05, 3.63) is 35.5 Å². The zero-order chi connectivity index (χ0) is 13.8. The first-order valence-electron chi connectivity index (χ1n) is 6.04. The number of nitrogens with one attached hydrogen (secondary N) is 1. The maximum Gasteiger partial charge on any atom is 0.224 e. The highest BCUT2D eigenvalue weighted by atomic mass is 35.5. The van der Waals surface area contributed by atoms with E-state index < -0.39 is 0 Å². The Morgan fingerprint density at radius 2 is 1.84 bits per heavy atom. The molecule has 100 valence electrons. The van der Waals surface area contributed by atoms with Gasteiger partial charge in [0.1, 0.15) is 10.9 Å². The van der Waals surface area contributed by atoms with E-state index in [1.807, 2.05) is 38.1 Å². The Labute approximate surface area is 117 Å². The summed E-state index contributed by atoms with van der Waals surface area (Å²) in [5.74, 6) is 1.35. The minimum absolute atomic E-state index is 0.252. The summed E-state index contributed by atoms with van der Waals surface area (Å²) in [5.41, 5.74) is 1.75. The van der Waals surface area contributed by atoms with Crippen LogP contribution < -0.4 is 10.1 Å². The zero-order valence-corrected chi connectivity index (χ0v) is 11.9. The molecule has 1 aromatic carbocycles. The summed E-state index contributed by atoms with van der Waals surface area (Å²) in [6, 6.07) is 9.66. The Balaban J connectivity index is 2.34. The van der Waals surface area contributed by atoms with Crippen LogP contribution in [0.4, 0.5) is 5.95 Å². The Hall–Kier alpha value is -1.81. The molecule has 4 nitrogen and oxygen atoms in total. The fraction of sp³-hybridized carbons (Fsp3) is 0.286. The number of rotatable bonds is 4. The van der Waals surface area contributed by atoms with Crippen molar-refractivity contribution in [2.75, 3.05) is 12.4 Å². The maximum absolute atomic E-state index is 6.03. The SMILES string of the molecule is COc1ccc(-c2cc(Cl)nc(NC(C)C)n2)cc1. The summed E-state index contributed by atoms with van der Waals surface area (Å²) in [6.07, 6.45) is 0. The summed E-state index contributed by atoms with van der Waals surface area (Å²) < 4.78 is 5.13. The van der Waals surface area contributed by atoms with Crippen LogP contribution >= 0.6 is 11.6 Å². The van der Waals surface area contributed by atoms with E-state index in [0.717, 1.165) is 17.0 Å². The second-order valence-electron chi connectivity index (χ2n) is 4.43. The fourth-order valence-corrected chi connectivity index (χ4v) is 1.83. The topological polar surface area (TPSA) is 47.0 Å². The standard InChI is InChI=1S/C14H16ClN3O/c1-9(2)16-14-17-12(8-13(15)18-14)10-4-6-11(19-3)7-5-10/h4-9H,1-3H3,(H,16,17,18). The summed E-state index contributed by atoms with van der Waals surface area (Å²) in [4.78, 5) is 8.60. The van der Waals surface area contributed by atoms with Crippen molar-refractivity contribution < 1.29 is 4.74 Å². The minimum Gasteiger partial charge on any atom is -0.497 e. The van der Waals surface area contributed by atoms with Gasteiger partial charge < -0.3 is 10.1 Å². The molecule has 0 aliphatic heterocycles. The first-order chi connectivity index (χ1) is 9.08. The molecule has 0 spiro atoms. The average Bonchev–Trinajstić information content (AvgIpc) is 2.37. The molecule has 0 atom stereocenters. The van der Waals surface area contributed by atoms with E-state index in [9.17, 15) is 0 Å². The van der Waals surface area contributed by atoms with E-state index in [1.54, 1.807) is 13.2 Å². The molecule has 0 radical (unpaired) electrons. The molecular formula is C14H16ClN3O. The van der Waals surface area contributed by atoms with Crippen LogP contribution in [0.2, 0.25) is 5.15 Å². The summed E-state index contributed by atoms with van der Waals surface area (Å²) in [6.45, 7) is 4.05.